The van der Waals surface area contributed by atoms with E-state index in [1.165, 1.54) is 0 Å². The molecule has 3 unspecified atom stereocenters. The maximum atomic E-state index is 11.4. The van der Waals surface area contributed by atoms with Crippen molar-refractivity contribution in [2.24, 2.45) is 0 Å². The first-order chi connectivity index (χ1) is 6.68. The maximum absolute atomic E-state index is 11.4. The van der Waals surface area contributed by atoms with Crippen LogP contribution < -0.4 is 0 Å². The van der Waals surface area contributed by atoms with Crippen molar-refractivity contribution in [2.45, 2.75) is 44.5 Å². The van der Waals surface area contributed by atoms with Gasteiger partial charge in [-0.1, -0.05) is 0 Å². The van der Waals surface area contributed by atoms with Crippen molar-refractivity contribution in [1.82, 2.24) is 0 Å². The fourth-order valence-electron chi connectivity index (χ4n) is 1.99. The number of rotatable bonds is 3. The van der Waals surface area contributed by atoms with Crippen LogP contribution in [0.25, 0.3) is 0 Å². The van der Waals surface area contributed by atoms with Gasteiger partial charge in [-0.25, -0.2) is 4.79 Å². The molecule has 2 rings (SSSR count). The van der Waals surface area contributed by atoms with Crippen molar-refractivity contribution < 1.29 is 19.0 Å². The van der Waals surface area contributed by atoms with Crippen LogP contribution in [0, 0.1) is 0 Å². The summed E-state index contributed by atoms with van der Waals surface area (Å²) >= 11 is 0. The lowest BCUT2D eigenvalue weighted by Crippen LogP contribution is -2.31. The summed E-state index contributed by atoms with van der Waals surface area (Å²) in [6.07, 6.45) is 1.69. The lowest BCUT2D eigenvalue weighted by Gasteiger charge is -2.13. The number of esters is 1. The fraction of sp³-hybridized carbons (Fsp3) is 0.900. The van der Waals surface area contributed by atoms with Gasteiger partial charge in [0.15, 0.2) is 6.10 Å². The van der Waals surface area contributed by atoms with E-state index in [0.717, 1.165) is 19.4 Å². The van der Waals surface area contributed by atoms with Crippen LogP contribution in [-0.4, -0.2) is 37.0 Å². The second-order valence-corrected chi connectivity index (χ2v) is 3.94. The highest BCUT2D eigenvalue weighted by Gasteiger charge is 2.63. The highest BCUT2D eigenvalue weighted by Crippen LogP contribution is 2.44. The van der Waals surface area contributed by atoms with Gasteiger partial charge < -0.3 is 14.2 Å². The van der Waals surface area contributed by atoms with E-state index in [4.69, 9.17) is 14.2 Å². The van der Waals surface area contributed by atoms with Gasteiger partial charge in [0.1, 0.15) is 5.60 Å². The molecular formula is C10H16O4. The Morgan fingerprint density at radius 1 is 1.64 bits per heavy atom. The Morgan fingerprint density at radius 2 is 2.43 bits per heavy atom. The largest absolute Gasteiger partial charge is 0.464 e. The molecule has 3 atom stereocenters. The Morgan fingerprint density at radius 3 is 3.00 bits per heavy atom. The normalized spacial score (nSPS) is 41.0. The smallest absolute Gasteiger partial charge is 0.338 e. The Balaban J connectivity index is 1.91. The van der Waals surface area contributed by atoms with E-state index in [1.807, 2.05) is 6.92 Å². The van der Waals surface area contributed by atoms with E-state index in [-0.39, 0.29) is 12.1 Å². The van der Waals surface area contributed by atoms with Crippen molar-refractivity contribution in [3.63, 3.8) is 0 Å². The summed E-state index contributed by atoms with van der Waals surface area (Å²) in [6, 6.07) is 0. The van der Waals surface area contributed by atoms with E-state index in [2.05, 4.69) is 0 Å². The third-order valence-electron chi connectivity index (χ3n) is 2.90. The van der Waals surface area contributed by atoms with Crippen LogP contribution in [0.3, 0.4) is 0 Å². The van der Waals surface area contributed by atoms with Gasteiger partial charge in [-0.2, -0.15) is 0 Å². The average Bonchev–Trinajstić information content (AvgIpc) is 2.67. The summed E-state index contributed by atoms with van der Waals surface area (Å²) < 4.78 is 15.8. The van der Waals surface area contributed by atoms with Gasteiger partial charge in [-0.3, -0.25) is 0 Å². The van der Waals surface area contributed by atoms with Gasteiger partial charge in [-0.15, -0.1) is 0 Å². The topological polar surface area (TPSA) is 48.1 Å². The van der Waals surface area contributed by atoms with Crippen LogP contribution in [-0.2, 0) is 19.0 Å². The lowest BCUT2D eigenvalue weighted by molar-refractivity contribution is -0.144. The number of epoxide rings is 1. The first kappa shape index (κ1) is 9.93. The van der Waals surface area contributed by atoms with E-state index in [1.54, 1.807) is 6.92 Å². The number of hydrogen-bond acceptors (Lipinski definition) is 4. The molecular weight excluding hydrogens is 184 g/mol. The average molecular weight is 200 g/mol. The van der Waals surface area contributed by atoms with E-state index in [9.17, 15) is 4.79 Å². The second kappa shape index (κ2) is 3.51. The third-order valence-corrected chi connectivity index (χ3v) is 2.90. The SMILES string of the molecule is CCOC(=O)C1OC1(C)C1CCCO1. The second-order valence-electron chi connectivity index (χ2n) is 3.94. The van der Waals surface area contributed by atoms with Crippen molar-refractivity contribution in [3.8, 4) is 0 Å². The highest BCUT2D eigenvalue weighted by atomic mass is 16.7. The summed E-state index contributed by atoms with van der Waals surface area (Å²) in [5.41, 5.74) is -0.428. The molecule has 0 saturated carbocycles. The van der Waals surface area contributed by atoms with Gasteiger partial charge in [0.25, 0.3) is 0 Å². The number of ether oxygens (including phenoxy) is 3. The fourth-order valence-corrected chi connectivity index (χ4v) is 1.99. The minimum absolute atomic E-state index is 0.0666. The molecule has 0 aromatic carbocycles. The predicted octanol–water partition coefficient (Wildman–Crippen LogP) is 0.886. The van der Waals surface area contributed by atoms with Crippen LogP contribution in [0.4, 0.5) is 0 Å². The molecule has 0 spiro atoms. The van der Waals surface area contributed by atoms with E-state index < -0.39 is 11.7 Å². The molecule has 2 aliphatic rings. The molecule has 14 heavy (non-hydrogen) atoms. The summed E-state index contributed by atoms with van der Waals surface area (Å²) in [7, 11) is 0. The minimum atomic E-state index is -0.428. The standard InChI is InChI=1S/C10H16O4/c1-3-12-9(11)8-10(2,14-8)7-5-4-6-13-7/h7-8H,3-6H2,1-2H3. The quantitative estimate of drug-likeness (QED) is 0.501. The van der Waals surface area contributed by atoms with Gasteiger partial charge in [0, 0.05) is 6.61 Å². The Hall–Kier alpha value is -0.610. The molecule has 2 saturated heterocycles. The molecule has 2 heterocycles. The number of carbonyl (C=O) groups is 1. The van der Waals surface area contributed by atoms with Crippen LogP contribution in [0.1, 0.15) is 26.7 Å². The van der Waals surface area contributed by atoms with Crippen LogP contribution in [0.2, 0.25) is 0 Å². The molecule has 4 heteroatoms. The van der Waals surface area contributed by atoms with Gasteiger partial charge >= 0.3 is 5.97 Å². The molecule has 4 nitrogen and oxygen atoms in total. The maximum Gasteiger partial charge on any atom is 0.338 e. The first-order valence-corrected chi connectivity index (χ1v) is 5.14. The van der Waals surface area contributed by atoms with Crippen LogP contribution in [0.15, 0.2) is 0 Å². The Kier molecular flexibility index (Phi) is 2.49. The minimum Gasteiger partial charge on any atom is -0.464 e. The number of hydrogen-bond donors (Lipinski definition) is 0. The summed E-state index contributed by atoms with van der Waals surface area (Å²) in [5, 5.41) is 0. The molecule has 0 amide bonds. The summed E-state index contributed by atoms with van der Waals surface area (Å²) in [6.45, 7) is 4.90. The molecule has 0 aliphatic carbocycles. The Labute approximate surface area is 83.5 Å². The molecule has 0 radical (unpaired) electrons. The zero-order valence-electron chi connectivity index (χ0n) is 8.62. The van der Waals surface area contributed by atoms with Crippen molar-refractivity contribution in [1.29, 1.82) is 0 Å². The molecule has 80 valence electrons. The first-order valence-electron chi connectivity index (χ1n) is 5.14. The van der Waals surface area contributed by atoms with Gasteiger partial charge in [0.2, 0.25) is 0 Å². The lowest BCUT2D eigenvalue weighted by atomic mass is 9.98. The van der Waals surface area contributed by atoms with Gasteiger partial charge in [-0.05, 0) is 26.7 Å². The molecule has 0 N–H and O–H groups in total. The molecule has 0 aromatic heterocycles. The number of carbonyl (C=O) groups excluding carboxylic acids is 1. The van der Waals surface area contributed by atoms with E-state index in [0.29, 0.717) is 6.61 Å². The summed E-state index contributed by atoms with van der Waals surface area (Å²) in [4.78, 5) is 11.4. The van der Waals surface area contributed by atoms with Crippen molar-refractivity contribution >= 4 is 5.97 Å². The van der Waals surface area contributed by atoms with Gasteiger partial charge in [0.05, 0.1) is 12.7 Å². The van der Waals surface area contributed by atoms with Crippen molar-refractivity contribution in [2.75, 3.05) is 13.2 Å². The highest BCUT2D eigenvalue weighted by molar-refractivity contribution is 5.79. The molecule has 2 aliphatic heterocycles. The van der Waals surface area contributed by atoms with E-state index >= 15 is 0 Å². The monoisotopic (exact) mass is 200 g/mol. The zero-order valence-corrected chi connectivity index (χ0v) is 8.62. The van der Waals surface area contributed by atoms with Crippen LogP contribution >= 0.6 is 0 Å². The third kappa shape index (κ3) is 1.53. The predicted molar refractivity (Wildman–Crippen MR) is 48.9 cm³/mol. The van der Waals surface area contributed by atoms with Crippen LogP contribution in [0.5, 0.6) is 0 Å². The molecule has 2 fully saturated rings. The summed E-state index contributed by atoms with van der Waals surface area (Å²) in [5.74, 6) is -0.259. The zero-order chi connectivity index (χ0) is 10.2. The Bertz CT molecular complexity index is 234. The molecule has 0 bridgehead atoms. The van der Waals surface area contributed by atoms with Crippen molar-refractivity contribution in [3.05, 3.63) is 0 Å². The molecule has 0 aromatic rings.